The second-order valence-electron chi connectivity index (χ2n) is 5.55. The van der Waals surface area contributed by atoms with Crippen molar-refractivity contribution in [1.82, 2.24) is 10.4 Å². The van der Waals surface area contributed by atoms with E-state index < -0.39 is 0 Å². The number of phenolic OH excluding ortho intramolecular Hbond substituents is 1. The predicted molar refractivity (Wildman–Crippen MR) is 110 cm³/mol. The molecule has 1 amide bonds. The molecule has 0 aliphatic carbocycles. The van der Waals surface area contributed by atoms with Crippen LogP contribution in [0.15, 0.2) is 52.0 Å². The van der Waals surface area contributed by atoms with Gasteiger partial charge in [0.25, 0.3) is 5.91 Å². The molecular weight excluding hydrogens is 430 g/mol. The number of amides is 1. The zero-order valence-electron chi connectivity index (χ0n) is 14.6. The summed E-state index contributed by atoms with van der Waals surface area (Å²) in [4.78, 5) is 17.4. The fourth-order valence-electron chi connectivity index (χ4n) is 2.35. The Hall–Kier alpha value is -2.71. The summed E-state index contributed by atoms with van der Waals surface area (Å²) in [6.07, 6.45) is 1.47. The van der Waals surface area contributed by atoms with Gasteiger partial charge in [-0.2, -0.15) is 5.10 Å². The van der Waals surface area contributed by atoms with Crippen LogP contribution in [-0.4, -0.2) is 29.3 Å². The van der Waals surface area contributed by atoms with E-state index in [1.165, 1.54) is 24.7 Å². The molecule has 0 bridgehead atoms. The Balaban J connectivity index is 1.74. The number of halogens is 1. The quantitative estimate of drug-likeness (QED) is 0.451. The fraction of sp³-hybridized carbons (Fsp3) is 0.105. The smallest absolute Gasteiger partial charge is 0.283 e. The Kier molecular flexibility index (Phi) is 5.88. The molecule has 3 aromatic rings. The van der Waals surface area contributed by atoms with Crippen LogP contribution in [0.3, 0.4) is 0 Å². The molecule has 138 valence electrons. The molecule has 0 saturated carbocycles. The average Bonchev–Trinajstić information content (AvgIpc) is 3.07. The van der Waals surface area contributed by atoms with E-state index in [0.29, 0.717) is 26.4 Å². The highest BCUT2D eigenvalue weighted by atomic mass is 79.9. The fourth-order valence-corrected chi connectivity index (χ4v) is 3.77. The predicted octanol–water partition coefficient (Wildman–Crippen LogP) is 4.36. The first-order valence-electron chi connectivity index (χ1n) is 7.92. The summed E-state index contributed by atoms with van der Waals surface area (Å²) in [5.74, 6) is -0.0105. The Labute approximate surface area is 168 Å². The van der Waals surface area contributed by atoms with Gasteiger partial charge in [0, 0.05) is 5.56 Å². The van der Waals surface area contributed by atoms with Crippen molar-refractivity contribution in [3.8, 4) is 22.1 Å². The van der Waals surface area contributed by atoms with Gasteiger partial charge in [-0.25, -0.2) is 10.4 Å². The number of aromatic hydroxyl groups is 1. The van der Waals surface area contributed by atoms with Gasteiger partial charge in [-0.05, 0) is 40.5 Å². The third-order valence-corrected chi connectivity index (χ3v) is 5.48. The molecule has 0 fully saturated rings. The van der Waals surface area contributed by atoms with Crippen LogP contribution < -0.4 is 10.2 Å². The molecule has 0 aliphatic heterocycles. The summed E-state index contributed by atoms with van der Waals surface area (Å²) >= 11 is 4.56. The van der Waals surface area contributed by atoms with E-state index >= 15 is 0 Å². The number of rotatable bonds is 5. The molecule has 0 saturated heterocycles. The molecule has 0 aliphatic rings. The lowest BCUT2D eigenvalue weighted by molar-refractivity contribution is 0.0958. The van der Waals surface area contributed by atoms with Crippen molar-refractivity contribution in [2.24, 2.45) is 5.10 Å². The highest BCUT2D eigenvalue weighted by molar-refractivity contribution is 9.10. The molecule has 0 radical (unpaired) electrons. The molecule has 6 nitrogen and oxygen atoms in total. The lowest BCUT2D eigenvalue weighted by Crippen LogP contribution is -2.17. The van der Waals surface area contributed by atoms with E-state index in [-0.39, 0.29) is 11.7 Å². The first-order chi connectivity index (χ1) is 13.0. The van der Waals surface area contributed by atoms with Crippen molar-refractivity contribution in [3.63, 3.8) is 0 Å². The summed E-state index contributed by atoms with van der Waals surface area (Å²) in [7, 11) is 1.46. The standard InChI is InChI=1S/C19H16BrN3O3S/c1-11-17(27-19(22-11)13-6-4-3-5-7-13)18(25)23-21-10-12-8-14(20)16(24)15(9-12)26-2/h3-10,24H,1-2H3,(H,23,25)/b21-10+. The van der Waals surface area contributed by atoms with Crippen LogP contribution in [0.1, 0.15) is 20.9 Å². The summed E-state index contributed by atoms with van der Waals surface area (Å²) in [6.45, 7) is 1.80. The van der Waals surface area contributed by atoms with E-state index in [0.717, 1.165) is 10.6 Å². The van der Waals surface area contributed by atoms with Gasteiger partial charge in [-0.1, -0.05) is 30.3 Å². The molecule has 1 aromatic heterocycles. The molecule has 27 heavy (non-hydrogen) atoms. The number of thiazole rings is 1. The minimum atomic E-state index is -0.326. The Morgan fingerprint density at radius 2 is 2.07 bits per heavy atom. The van der Waals surface area contributed by atoms with Gasteiger partial charge >= 0.3 is 0 Å². The van der Waals surface area contributed by atoms with Crippen LogP contribution >= 0.6 is 27.3 Å². The van der Waals surface area contributed by atoms with E-state index in [9.17, 15) is 9.90 Å². The third kappa shape index (κ3) is 4.35. The number of nitrogens with one attached hydrogen (secondary N) is 1. The number of methoxy groups -OCH3 is 1. The summed E-state index contributed by atoms with van der Waals surface area (Å²) in [5.41, 5.74) is 4.78. The number of benzene rings is 2. The maximum absolute atomic E-state index is 12.4. The lowest BCUT2D eigenvalue weighted by Gasteiger charge is -2.06. The number of carbonyl (C=O) groups is 1. The minimum absolute atomic E-state index is 0.00686. The first kappa shape index (κ1) is 19.1. The number of hydrogen-bond acceptors (Lipinski definition) is 6. The van der Waals surface area contributed by atoms with Gasteiger partial charge in [-0.15, -0.1) is 11.3 Å². The Morgan fingerprint density at radius 1 is 1.33 bits per heavy atom. The third-order valence-electron chi connectivity index (χ3n) is 3.67. The molecule has 0 atom stereocenters. The highest BCUT2D eigenvalue weighted by Gasteiger charge is 2.15. The van der Waals surface area contributed by atoms with Crippen molar-refractivity contribution in [3.05, 3.63) is 63.1 Å². The average molecular weight is 446 g/mol. The monoisotopic (exact) mass is 445 g/mol. The van der Waals surface area contributed by atoms with Crippen molar-refractivity contribution in [2.45, 2.75) is 6.92 Å². The normalized spacial score (nSPS) is 10.9. The molecule has 3 rings (SSSR count). The molecule has 1 heterocycles. The number of aryl methyl sites for hydroxylation is 1. The first-order valence-corrected chi connectivity index (χ1v) is 9.53. The van der Waals surface area contributed by atoms with Gasteiger partial charge < -0.3 is 9.84 Å². The maximum Gasteiger partial charge on any atom is 0.283 e. The summed E-state index contributed by atoms with van der Waals surface area (Å²) in [6, 6.07) is 13.0. The van der Waals surface area contributed by atoms with Crippen LogP contribution in [0, 0.1) is 6.92 Å². The van der Waals surface area contributed by atoms with Crippen LogP contribution in [0.5, 0.6) is 11.5 Å². The van der Waals surface area contributed by atoms with Gasteiger partial charge in [0.05, 0.1) is 23.5 Å². The van der Waals surface area contributed by atoms with Crippen molar-refractivity contribution < 1.29 is 14.6 Å². The number of ether oxygens (including phenoxy) is 1. The number of aromatic nitrogens is 1. The summed E-state index contributed by atoms with van der Waals surface area (Å²) < 4.78 is 5.56. The molecule has 0 spiro atoms. The Bertz CT molecular complexity index is 1000. The lowest BCUT2D eigenvalue weighted by atomic mass is 10.2. The molecule has 8 heteroatoms. The second kappa shape index (κ2) is 8.32. The van der Waals surface area contributed by atoms with Gasteiger partial charge in [0.1, 0.15) is 9.88 Å². The number of phenols is 1. The molecule has 2 N–H and O–H groups in total. The van der Waals surface area contributed by atoms with Crippen LogP contribution in [-0.2, 0) is 0 Å². The second-order valence-corrected chi connectivity index (χ2v) is 7.41. The van der Waals surface area contributed by atoms with Crippen molar-refractivity contribution in [1.29, 1.82) is 0 Å². The topological polar surface area (TPSA) is 83.8 Å². The largest absolute Gasteiger partial charge is 0.503 e. The zero-order chi connectivity index (χ0) is 19.4. The van der Waals surface area contributed by atoms with Crippen LogP contribution in [0.2, 0.25) is 0 Å². The SMILES string of the molecule is COc1cc(/C=N/NC(=O)c2sc(-c3ccccc3)nc2C)cc(Br)c1O. The van der Waals surface area contributed by atoms with Crippen LogP contribution in [0.25, 0.3) is 10.6 Å². The van der Waals surface area contributed by atoms with Crippen LogP contribution in [0.4, 0.5) is 0 Å². The molecular formula is C19H16BrN3O3S. The number of hydrazone groups is 1. The number of carbonyl (C=O) groups excluding carboxylic acids is 1. The van der Waals surface area contributed by atoms with Gasteiger partial charge in [0.2, 0.25) is 0 Å². The van der Waals surface area contributed by atoms with Gasteiger partial charge in [-0.3, -0.25) is 4.79 Å². The minimum Gasteiger partial charge on any atom is -0.503 e. The zero-order valence-corrected chi connectivity index (χ0v) is 17.0. The van der Waals surface area contributed by atoms with Crippen molar-refractivity contribution in [2.75, 3.05) is 7.11 Å². The number of hydrogen-bond donors (Lipinski definition) is 2. The van der Waals surface area contributed by atoms with E-state index in [1.54, 1.807) is 19.1 Å². The van der Waals surface area contributed by atoms with E-state index in [1.807, 2.05) is 30.3 Å². The summed E-state index contributed by atoms with van der Waals surface area (Å²) in [5, 5.41) is 14.6. The molecule has 0 unspecified atom stereocenters. The van der Waals surface area contributed by atoms with Gasteiger partial charge in [0.15, 0.2) is 11.5 Å². The van der Waals surface area contributed by atoms with E-state index in [2.05, 4.69) is 31.4 Å². The maximum atomic E-state index is 12.4. The number of nitrogens with zero attached hydrogens (tertiary/aromatic N) is 2. The van der Waals surface area contributed by atoms with E-state index in [4.69, 9.17) is 4.74 Å². The molecule has 2 aromatic carbocycles. The Morgan fingerprint density at radius 3 is 2.78 bits per heavy atom. The highest BCUT2D eigenvalue weighted by Crippen LogP contribution is 2.34. The van der Waals surface area contributed by atoms with Crippen molar-refractivity contribution >= 4 is 39.4 Å².